The van der Waals surface area contributed by atoms with Crippen molar-refractivity contribution in [1.82, 2.24) is 0 Å². The first-order valence-corrected chi connectivity index (χ1v) is 21.1. The van der Waals surface area contributed by atoms with E-state index < -0.39 is 17.8 Å². The monoisotopic (exact) mass is 816 g/mol. The maximum atomic E-state index is 14.9. The van der Waals surface area contributed by atoms with Crippen LogP contribution < -0.4 is 18.9 Å². The summed E-state index contributed by atoms with van der Waals surface area (Å²) in [5.41, 5.74) is 0.513. The Morgan fingerprint density at radius 1 is 0.441 bits per heavy atom. The van der Waals surface area contributed by atoms with Crippen LogP contribution in [0.15, 0.2) is 92.0 Å². The molecule has 0 fully saturated rings. The summed E-state index contributed by atoms with van der Waals surface area (Å²) in [6.45, 7) is 8.82. The predicted molar refractivity (Wildman–Crippen MR) is 226 cm³/mol. The first-order chi connectivity index (χ1) is 28.8. The summed E-state index contributed by atoms with van der Waals surface area (Å²) in [6, 6.07) is 16.7. The molecule has 0 atom stereocenters. The number of esters is 4. The number of ether oxygens (including phenoxy) is 6. The Kier molecular flexibility index (Phi) is 24.1. The van der Waals surface area contributed by atoms with E-state index in [0.717, 1.165) is 83.1 Å². The van der Waals surface area contributed by atoms with Crippen LogP contribution in [0.25, 0.3) is 0 Å². The van der Waals surface area contributed by atoms with Crippen molar-refractivity contribution in [3.8, 4) is 23.0 Å². The van der Waals surface area contributed by atoms with E-state index in [0.29, 0.717) is 37.9 Å². The molecule has 3 aromatic carbocycles. The van der Waals surface area contributed by atoms with E-state index >= 15 is 0 Å². The number of carbonyl (C=O) groups excluding carboxylic acids is 4. The number of rotatable bonds is 32. The Hall–Kier alpha value is -5.45. The minimum Gasteiger partial charge on any atom is -0.494 e. The van der Waals surface area contributed by atoms with E-state index in [4.69, 9.17) is 28.4 Å². The number of hydrogen-bond acceptors (Lipinski definition) is 10. The topological polar surface area (TPSA) is 124 Å². The van der Waals surface area contributed by atoms with Crippen molar-refractivity contribution >= 4 is 23.9 Å². The van der Waals surface area contributed by atoms with Gasteiger partial charge in [-0.25, -0.2) is 23.6 Å². The van der Waals surface area contributed by atoms with Crippen LogP contribution in [0.1, 0.15) is 136 Å². The molecular weight excluding hydrogens is 756 g/mol. The fourth-order valence-corrected chi connectivity index (χ4v) is 6.05. The van der Waals surface area contributed by atoms with Gasteiger partial charge in [-0.15, -0.1) is 0 Å². The Morgan fingerprint density at radius 3 is 1.15 bits per heavy atom. The standard InChI is InChI=1S/C48H61FO10/c1-3-45(50)56-35-21-17-13-9-5-7-11-15-19-33-54-40-27-23-38(24-28-40)47(52)58-42-31-32-44(43(49)37-42)59-48(53)39-25-29-41(30-26-39)55-34-20-16-12-8-6-10-14-18-22-36-57-46(51)4-2/h3-4,23-32,37H,1-2,5-22,33-36H2. The normalized spacial score (nSPS) is 10.7. The fourth-order valence-electron chi connectivity index (χ4n) is 6.05. The lowest BCUT2D eigenvalue weighted by molar-refractivity contribution is -0.138. The summed E-state index contributed by atoms with van der Waals surface area (Å²) in [5.74, 6) is -2.02. The Labute approximate surface area is 349 Å². The van der Waals surface area contributed by atoms with E-state index in [-0.39, 0.29) is 34.6 Å². The molecule has 0 aliphatic heterocycles. The summed E-state index contributed by atoms with van der Waals surface area (Å²) in [7, 11) is 0. The van der Waals surface area contributed by atoms with E-state index in [1.807, 2.05) is 0 Å². The molecule has 0 N–H and O–H groups in total. The summed E-state index contributed by atoms with van der Waals surface area (Å²) < 4.78 is 47.1. The zero-order valence-electron chi connectivity index (χ0n) is 34.4. The number of halogens is 1. The van der Waals surface area contributed by atoms with Gasteiger partial charge in [-0.2, -0.15) is 0 Å². The second-order valence-corrected chi connectivity index (χ2v) is 14.2. The highest BCUT2D eigenvalue weighted by Gasteiger charge is 2.15. The first kappa shape index (κ1) is 47.9. The first-order valence-electron chi connectivity index (χ1n) is 21.1. The summed E-state index contributed by atoms with van der Waals surface area (Å²) in [4.78, 5) is 47.4. The van der Waals surface area contributed by atoms with Gasteiger partial charge >= 0.3 is 23.9 Å². The van der Waals surface area contributed by atoms with Crippen molar-refractivity contribution in [3.05, 3.63) is 109 Å². The average Bonchev–Trinajstić information content (AvgIpc) is 3.25. The molecule has 3 rings (SSSR count). The number of carbonyl (C=O) groups is 4. The van der Waals surface area contributed by atoms with E-state index in [1.165, 1.54) is 62.8 Å². The largest absolute Gasteiger partial charge is 0.494 e. The van der Waals surface area contributed by atoms with Crippen LogP contribution in [0.2, 0.25) is 0 Å². The molecule has 0 amide bonds. The molecule has 0 aliphatic rings. The molecule has 0 bridgehead atoms. The van der Waals surface area contributed by atoms with Crippen molar-refractivity contribution in [2.75, 3.05) is 26.4 Å². The van der Waals surface area contributed by atoms with Gasteiger partial charge in [0.1, 0.15) is 17.2 Å². The summed E-state index contributed by atoms with van der Waals surface area (Å²) in [5, 5.41) is 0. The van der Waals surface area contributed by atoms with Crippen LogP contribution >= 0.6 is 0 Å². The SMILES string of the molecule is C=CC(=O)OCCCCCCCCCCCOc1ccc(C(=O)Oc2ccc(OC(=O)c3ccc(OCCCCCCCCCCCOC(=O)C=C)cc3)c(F)c2)cc1. The van der Waals surface area contributed by atoms with Crippen LogP contribution in [0.4, 0.5) is 4.39 Å². The molecule has 11 heteroatoms. The molecule has 0 saturated carbocycles. The summed E-state index contributed by atoms with van der Waals surface area (Å²) >= 11 is 0. The van der Waals surface area contributed by atoms with Crippen LogP contribution in [0, 0.1) is 5.82 Å². The third-order valence-corrected chi connectivity index (χ3v) is 9.43. The Balaban J connectivity index is 1.24. The van der Waals surface area contributed by atoms with Gasteiger partial charge in [-0.05, 0) is 86.3 Å². The lowest BCUT2D eigenvalue weighted by Gasteiger charge is -2.10. The molecule has 0 aromatic heterocycles. The molecule has 0 saturated heterocycles. The fraction of sp³-hybridized carbons (Fsp3) is 0.458. The maximum Gasteiger partial charge on any atom is 0.343 e. The lowest BCUT2D eigenvalue weighted by Crippen LogP contribution is -2.11. The summed E-state index contributed by atoms with van der Waals surface area (Å²) in [6.07, 6.45) is 21.9. The maximum absolute atomic E-state index is 14.9. The second-order valence-electron chi connectivity index (χ2n) is 14.2. The molecule has 0 radical (unpaired) electrons. The smallest absolute Gasteiger partial charge is 0.343 e. The molecule has 0 unspecified atom stereocenters. The highest BCUT2D eigenvalue weighted by atomic mass is 19.1. The van der Waals surface area contributed by atoms with E-state index in [2.05, 4.69) is 13.2 Å². The van der Waals surface area contributed by atoms with Crippen molar-refractivity contribution in [3.63, 3.8) is 0 Å². The minimum atomic E-state index is -0.850. The van der Waals surface area contributed by atoms with Crippen LogP contribution in [-0.4, -0.2) is 50.3 Å². The molecule has 10 nitrogen and oxygen atoms in total. The highest BCUT2D eigenvalue weighted by Crippen LogP contribution is 2.25. The molecular formula is C48H61FO10. The van der Waals surface area contributed by atoms with Crippen molar-refractivity contribution in [1.29, 1.82) is 0 Å². The number of unbranched alkanes of at least 4 members (excludes halogenated alkanes) is 16. The predicted octanol–water partition coefficient (Wildman–Crippen LogP) is 11.5. The zero-order chi connectivity index (χ0) is 42.3. The molecule has 59 heavy (non-hydrogen) atoms. The third kappa shape index (κ3) is 21.2. The van der Waals surface area contributed by atoms with Gasteiger partial charge in [0.05, 0.1) is 37.6 Å². The van der Waals surface area contributed by atoms with Gasteiger partial charge in [0.15, 0.2) is 11.6 Å². The van der Waals surface area contributed by atoms with Crippen molar-refractivity contribution in [2.45, 2.75) is 116 Å². The molecule has 0 aliphatic carbocycles. The molecule has 0 spiro atoms. The number of hydrogen-bond donors (Lipinski definition) is 0. The van der Waals surface area contributed by atoms with Gasteiger partial charge < -0.3 is 28.4 Å². The molecule has 0 heterocycles. The highest BCUT2D eigenvalue weighted by molar-refractivity contribution is 5.92. The van der Waals surface area contributed by atoms with Crippen LogP contribution in [-0.2, 0) is 19.1 Å². The van der Waals surface area contributed by atoms with Crippen LogP contribution in [0.3, 0.4) is 0 Å². The number of benzene rings is 3. The van der Waals surface area contributed by atoms with Crippen molar-refractivity contribution < 1.29 is 52.0 Å². The second kappa shape index (κ2) is 29.7. The van der Waals surface area contributed by atoms with E-state index in [9.17, 15) is 23.6 Å². The van der Waals surface area contributed by atoms with Gasteiger partial charge in [0.25, 0.3) is 0 Å². The lowest BCUT2D eigenvalue weighted by atomic mass is 10.1. The average molecular weight is 817 g/mol. The zero-order valence-corrected chi connectivity index (χ0v) is 34.4. The van der Waals surface area contributed by atoms with E-state index in [1.54, 1.807) is 48.5 Å². The van der Waals surface area contributed by atoms with Gasteiger partial charge in [0.2, 0.25) is 0 Å². The molecule has 320 valence electrons. The van der Waals surface area contributed by atoms with Gasteiger partial charge in [0, 0.05) is 18.2 Å². The minimum absolute atomic E-state index is 0.0295. The Morgan fingerprint density at radius 2 is 0.780 bits per heavy atom. The molecule has 3 aromatic rings. The quantitative estimate of drug-likeness (QED) is 0.0260. The third-order valence-electron chi connectivity index (χ3n) is 9.43. The van der Waals surface area contributed by atoms with Gasteiger partial charge in [-0.1, -0.05) is 103 Å². The Bertz CT molecular complexity index is 1700. The van der Waals surface area contributed by atoms with Crippen LogP contribution in [0.5, 0.6) is 23.0 Å². The van der Waals surface area contributed by atoms with Crippen molar-refractivity contribution in [2.24, 2.45) is 0 Å². The van der Waals surface area contributed by atoms with Gasteiger partial charge in [-0.3, -0.25) is 0 Å².